The van der Waals surface area contributed by atoms with E-state index in [0.29, 0.717) is 18.6 Å². The van der Waals surface area contributed by atoms with Crippen LogP contribution in [0.25, 0.3) is 0 Å². The summed E-state index contributed by atoms with van der Waals surface area (Å²) in [7, 11) is 0. The van der Waals surface area contributed by atoms with E-state index < -0.39 is 12.3 Å². The summed E-state index contributed by atoms with van der Waals surface area (Å²) >= 11 is 0. The topological polar surface area (TPSA) is 55.8 Å². The minimum absolute atomic E-state index is 0.245. The lowest BCUT2D eigenvalue weighted by Gasteiger charge is -2.24. The molecular formula is C13H16O4. The predicted molar refractivity (Wildman–Crippen MR) is 62.1 cm³/mol. The van der Waals surface area contributed by atoms with Crippen molar-refractivity contribution in [3.8, 4) is 0 Å². The van der Waals surface area contributed by atoms with Crippen molar-refractivity contribution in [1.29, 1.82) is 0 Å². The summed E-state index contributed by atoms with van der Waals surface area (Å²) < 4.78 is 10.3. The number of hydrogen-bond donors (Lipinski definition) is 1. The molecule has 2 aliphatic heterocycles. The van der Waals surface area contributed by atoms with E-state index in [0.717, 1.165) is 6.42 Å². The van der Waals surface area contributed by atoms with Crippen LogP contribution in [0.4, 0.5) is 0 Å². The zero-order valence-corrected chi connectivity index (χ0v) is 9.76. The summed E-state index contributed by atoms with van der Waals surface area (Å²) in [6.07, 6.45) is 7.68. The Balaban J connectivity index is 1.97. The molecule has 1 N–H and O–H groups in total. The third kappa shape index (κ3) is 2.84. The van der Waals surface area contributed by atoms with Crippen LogP contribution in [0.3, 0.4) is 0 Å². The van der Waals surface area contributed by atoms with Crippen molar-refractivity contribution in [2.75, 3.05) is 6.61 Å². The average Bonchev–Trinajstić information content (AvgIpc) is 2.66. The number of cyclic esters (lactones) is 1. The normalized spacial score (nSPS) is 29.2. The molecule has 0 aromatic carbocycles. The average molecular weight is 236 g/mol. The number of ether oxygens (including phenoxy) is 2. The van der Waals surface area contributed by atoms with Gasteiger partial charge < -0.3 is 14.6 Å². The van der Waals surface area contributed by atoms with Crippen LogP contribution in [0, 0.1) is 0 Å². The number of carbonyl (C=O) groups is 1. The third-order valence-corrected chi connectivity index (χ3v) is 2.88. The van der Waals surface area contributed by atoms with Crippen molar-refractivity contribution in [3.05, 3.63) is 35.5 Å². The number of carbonyl (C=O) groups excluding carboxylic acids is 1. The second kappa shape index (κ2) is 5.29. The molecule has 0 bridgehead atoms. The summed E-state index contributed by atoms with van der Waals surface area (Å²) in [6, 6.07) is 0. The van der Waals surface area contributed by atoms with Crippen molar-refractivity contribution in [2.45, 2.75) is 32.2 Å². The first kappa shape index (κ1) is 12.1. The Morgan fingerprint density at radius 2 is 2.41 bits per heavy atom. The number of rotatable bonds is 3. The molecule has 0 fully saturated rings. The molecule has 4 nitrogen and oxygen atoms in total. The Bertz CT molecular complexity index is 392. The van der Waals surface area contributed by atoms with Gasteiger partial charge in [-0.1, -0.05) is 18.2 Å². The number of hydrogen-bond acceptors (Lipinski definition) is 4. The van der Waals surface area contributed by atoms with Crippen LogP contribution in [0.15, 0.2) is 35.5 Å². The van der Waals surface area contributed by atoms with Gasteiger partial charge in [0.1, 0.15) is 0 Å². The highest BCUT2D eigenvalue weighted by Crippen LogP contribution is 2.26. The number of aliphatic hydroxyl groups excluding tert-OH is 1. The fourth-order valence-electron chi connectivity index (χ4n) is 1.92. The quantitative estimate of drug-likeness (QED) is 0.595. The molecular weight excluding hydrogens is 220 g/mol. The van der Waals surface area contributed by atoms with Gasteiger partial charge in [0.05, 0.1) is 12.7 Å². The molecule has 2 atom stereocenters. The first-order chi connectivity index (χ1) is 8.20. The van der Waals surface area contributed by atoms with Crippen LogP contribution in [-0.4, -0.2) is 30.1 Å². The number of esters is 1. The lowest BCUT2D eigenvalue weighted by Crippen LogP contribution is -2.26. The Hall–Kier alpha value is -1.39. The smallest absolute Gasteiger partial charge is 0.333 e. The molecule has 2 heterocycles. The van der Waals surface area contributed by atoms with E-state index in [2.05, 4.69) is 16.9 Å². The van der Waals surface area contributed by atoms with Crippen LogP contribution in [-0.2, 0) is 14.3 Å². The van der Waals surface area contributed by atoms with Gasteiger partial charge in [0.25, 0.3) is 0 Å². The van der Waals surface area contributed by atoms with Gasteiger partial charge in [0.2, 0.25) is 6.29 Å². The highest BCUT2D eigenvalue weighted by molar-refractivity contribution is 5.85. The van der Waals surface area contributed by atoms with E-state index in [-0.39, 0.29) is 6.10 Å². The zero-order chi connectivity index (χ0) is 12.3. The number of aliphatic hydroxyl groups is 1. The van der Waals surface area contributed by atoms with Crippen molar-refractivity contribution in [2.24, 2.45) is 0 Å². The Labute approximate surface area is 100 Å². The SMILES string of the molecule is C/C=C/CC1=CCC(C2=CC(=O)OC2O)OC1. The van der Waals surface area contributed by atoms with Crippen molar-refractivity contribution in [1.82, 2.24) is 0 Å². The van der Waals surface area contributed by atoms with E-state index in [1.165, 1.54) is 11.6 Å². The molecule has 2 aliphatic rings. The third-order valence-electron chi connectivity index (χ3n) is 2.88. The molecule has 0 aliphatic carbocycles. The Kier molecular flexibility index (Phi) is 3.76. The highest BCUT2D eigenvalue weighted by Gasteiger charge is 2.31. The van der Waals surface area contributed by atoms with Crippen LogP contribution in [0.2, 0.25) is 0 Å². The molecule has 0 spiro atoms. The first-order valence-corrected chi connectivity index (χ1v) is 5.71. The molecule has 0 aromatic rings. The molecule has 2 unspecified atom stereocenters. The fraction of sp³-hybridized carbons (Fsp3) is 0.462. The van der Waals surface area contributed by atoms with Crippen LogP contribution < -0.4 is 0 Å². The van der Waals surface area contributed by atoms with Crippen LogP contribution in [0.1, 0.15) is 19.8 Å². The summed E-state index contributed by atoms with van der Waals surface area (Å²) in [4.78, 5) is 11.0. The van der Waals surface area contributed by atoms with E-state index >= 15 is 0 Å². The minimum atomic E-state index is -1.14. The fourth-order valence-corrected chi connectivity index (χ4v) is 1.92. The van der Waals surface area contributed by atoms with Gasteiger partial charge >= 0.3 is 5.97 Å². The monoisotopic (exact) mass is 236 g/mol. The summed E-state index contributed by atoms with van der Waals surface area (Å²) in [5.41, 5.74) is 1.75. The van der Waals surface area contributed by atoms with Crippen molar-refractivity contribution < 1.29 is 19.4 Å². The van der Waals surface area contributed by atoms with Gasteiger partial charge in [-0.3, -0.25) is 0 Å². The first-order valence-electron chi connectivity index (χ1n) is 5.71. The molecule has 0 amide bonds. The molecule has 4 heteroatoms. The molecule has 17 heavy (non-hydrogen) atoms. The van der Waals surface area contributed by atoms with Gasteiger partial charge in [0, 0.05) is 11.6 Å². The van der Waals surface area contributed by atoms with E-state index in [1.54, 1.807) is 0 Å². The second-order valence-corrected chi connectivity index (χ2v) is 4.10. The molecule has 0 radical (unpaired) electrons. The van der Waals surface area contributed by atoms with Gasteiger partial charge in [-0.25, -0.2) is 4.79 Å². The van der Waals surface area contributed by atoms with E-state index in [4.69, 9.17) is 4.74 Å². The Morgan fingerprint density at radius 1 is 1.59 bits per heavy atom. The predicted octanol–water partition coefficient (Wildman–Crippen LogP) is 1.47. The van der Waals surface area contributed by atoms with Crippen molar-refractivity contribution in [3.63, 3.8) is 0 Å². The minimum Gasteiger partial charge on any atom is -0.429 e. The summed E-state index contributed by atoms with van der Waals surface area (Å²) in [6.45, 7) is 2.52. The molecule has 0 saturated carbocycles. The lowest BCUT2D eigenvalue weighted by molar-refractivity contribution is -0.152. The van der Waals surface area contributed by atoms with E-state index in [9.17, 15) is 9.90 Å². The maximum absolute atomic E-state index is 11.0. The van der Waals surface area contributed by atoms with Gasteiger partial charge in [-0.15, -0.1) is 0 Å². The zero-order valence-electron chi connectivity index (χ0n) is 9.76. The van der Waals surface area contributed by atoms with Gasteiger partial charge in [-0.05, 0) is 25.3 Å². The molecule has 0 saturated heterocycles. The summed E-state index contributed by atoms with van der Waals surface area (Å²) in [5, 5.41) is 9.50. The standard InChI is InChI=1S/C13H16O4/c1-2-3-4-9-5-6-11(16-8-9)10-7-12(14)17-13(10)15/h2-3,5,7,11,13,15H,4,6,8H2,1H3/b3-2+. The largest absolute Gasteiger partial charge is 0.429 e. The van der Waals surface area contributed by atoms with Crippen LogP contribution in [0.5, 0.6) is 0 Å². The molecule has 2 rings (SSSR count). The highest BCUT2D eigenvalue weighted by atomic mass is 16.6. The maximum atomic E-state index is 11.0. The second-order valence-electron chi connectivity index (χ2n) is 4.10. The van der Waals surface area contributed by atoms with Crippen LogP contribution >= 0.6 is 0 Å². The Morgan fingerprint density at radius 3 is 2.94 bits per heavy atom. The molecule has 0 aromatic heterocycles. The lowest BCUT2D eigenvalue weighted by atomic mass is 10.0. The summed E-state index contributed by atoms with van der Waals surface area (Å²) in [5.74, 6) is -0.500. The maximum Gasteiger partial charge on any atom is 0.333 e. The molecule has 92 valence electrons. The van der Waals surface area contributed by atoms with Gasteiger partial charge in [-0.2, -0.15) is 0 Å². The number of allylic oxidation sites excluding steroid dienone is 2. The van der Waals surface area contributed by atoms with Gasteiger partial charge in [0.15, 0.2) is 0 Å². The van der Waals surface area contributed by atoms with E-state index in [1.807, 2.05) is 13.0 Å². The van der Waals surface area contributed by atoms with Crippen molar-refractivity contribution >= 4 is 5.97 Å².